The van der Waals surface area contributed by atoms with Crippen LogP contribution in [0.25, 0.3) is 0 Å². The number of rotatable bonds is 4. The first kappa shape index (κ1) is 7.88. The molecule has 0 bridgehead atoms. The van der Waals surface area contributed by atoms with Crippen molar-refractivity contribution in [1.82, 2.24) is 0 Å². The lowest BCUT2D eigenvalue weighted by Gasteiger charge is -2.02. The highest BCUT2D eigenvalue weighted by Crippen LogP contribution is 1.84. The van der Waals surface area contributed by atoms with Crippen LogP contribution in [-0.2, 0) is 4.74 Å². The molecule has 0 aliphatic carbocycles. The van der Waals surface area contributed by atoms with Crippen molar-refractivity contribution in [2.45, 2.75) is 19.4 Å². The van der Waals surface area contributed by atoms with Gasteiger partial charge in [0.15, 0.2) is 0 Å². The molecule has 0 saturated carbocycles. The maximum atomic E-state index is 5.41. The molecular weight excluding hydrogens is 104 g/mol. The van der Waals surface area contributed by atoms with Gasteiger partial charge in [-0.2, -0.15) is 0 Å². The molecule has 0 aliphatic rings. The molecule has 0 aromatic carbocycles. The predicted octanol–water partition coefficient (Wildman–Crippen LogP) is -0.343. The molecule has 0 saturated heterocycles. The van der Waals surface area contributed by atoms with Crippen molar-refractivity contribution in [3.8, 4) is 0 Å². The minimum atomic E-state index is 0.224. The molecule has 0 aromatic heterocycles. The van der Waals surface area contributed by atoms with Crippen molar-refractivity contribution < 1.29 is 4.74 Å². The third kappa shape index (κ3) is 5.88. The van der Waals surface area contributed by atoms with Crippen molar-refractivity contribution in [1.29, 1.82) is 0 Å². The third-order valence-corrected chi connectivity index (χ3v) is 0.835. The van der Waals surface area contributed by atoms with Gasteiger partial charge in [-0.1, -0.05) is 0 Å². The molecule has 50 valence electrons. The molecule has 0 amide bonds. The molecule has 0 fully saturated rings. The lowest BCUT2D eigenvalue weighted by Crippen LogP contribution is -2.18. The smallest absolute Gasteiger partial charge is 0.0940 e. The normalized spacial score (nSPS) is 13.9. The Kier molecular flexibility index (Phi) is 4.95. The second kappa shape index (κ2) is 5.03. The first-order chi connectivity index (χ1) is 3.77. The topological polar surface area (TPSA) is 61.3 Å². The standard InChI is InChI=1S/C5H14N2O/c1-5(7)2-3-8-4-6/h5H,2-4,6-7H2,1H3. The zero-order valence-electron chi connectivity index (χ0n) is 5.26. The largest absolute Gasteiger partial charge is 0.366 e. The molecule has 1 unspecified atom stereocenters. The van der Waals surface area contributed by atoms with Crippen LogP contribution in [0, 0.1) is 0 Å². The van der Waals surface area contributed by atoms with Gasteiger partial charge < -0.3 is 16.2 Å². The van der Waals surface area contributed by atoms with Crippen LogP contribution in [0.1, 0.15) is 13.3 Å². The van der Waals surface area contributed by atoms with E-state index in [0.717, 1.165) is 6.42 Å². The number of hydrogen-bond acceptors (Lipinski definition) is 3. The predicted molar refractivity (Wildman–Crippen MR) is 33.3 cm³/mol. The van der Waals surface area contributed by atoms with Gasteiger partial charge in [-0.15, -0.1) is 0 Å². The van der Waals surface area contributed by atoms with E-state index in [-0.39, 0.29) is 6.04 Å². The Balaban J connectivity index is 2.72. The fourth-order valence-electron chi connectivity index (χ4n) is 0.353. The lowest BCUT2D eigenvalue weighted by atomic mass is 10.3. The van der Waals surface area contributed by atoms with Crippen LogP contribution in [0.4, 0.5) is 0 Å². The third-order valence-electron chi connectivity index (χ3n) is 0.835. The highest BCUT2D eigenvalue weighted by atomic mass is 16.5. The van der Waals surface area contributed by atoms with E-state index in [1.807, 2.05) is 6.92 Å². The van der Waals surface area contributed by atoms with E-state index in [4.69, 9.17) is 16.2 Å². The summed E-state index contributed by atoms with van der Waals surface area (Å²) in [5, 5.41) is 0. The first-order valence-corrected chi connectivity index (χ1v) is 2.80. The van der Waals surface area contributed by atoms with E-state index in [1.165, 1.54) is 0 Å². The van der Waals surface area contributed by atoms with Crippen molar-refractivity contribution in [2.75, 3.05) is 13.3 Å². The zero-order valence-corrected chi connectivity index (χ0v) is 5.26. The Hall–Kier alpha value is -0.120. The number of hydrogen-bond donors (Lipinski definition) is 2. The maximum Gasteiger partial charge on any atom is 0.0940 e. The molecule has 0 rings (SSSR count). The second-order valence-corrected chi connectivity index (χ2v) is 1.84. The monoisotopic (exact) mass is 118 g/mol. The summed E-state index contributed by atoms with van der Waals surface area (Å²) in [6.07, 6.45) is 0.886. The summed E-state index contributed by atoms with van der Waals surface area (Å²) >= 11 is 0. The van der Waals surface area contributed by atoms with E-state index in [1.54, 1.807) is 0 Å². The highest BCUT2D eigenvalue weighted by molar-refractivity contribution is 4.49. The summed E-state index contributed by atoms with van der Waals surface area (Å²) in [6.45, 7) is 2.92. The van der Waals surface area contributed by atoms with Crippen molar-refractivity contribution in [3.05, 3.63) is 0 Å². The molecule has 1 atom stereocenters. The second-order valence-electron chi connectivity index (χ2n) is 1.84. The zero-order chi connectivity index (χ0) is 6.41. The number of nitrogens with two attached hydrogens (primary N) is 2. The summed E-state index contributed by atoms with van der Waals surface area (Å²) in [7, 11) is 0. The van der Waals surface area contributed by atoms with Gasteiger partial charge in [0.05, 0.1) is 6.73 Å². The van der Waals surface area contributed by atoms with E-state index >= 15 is 0 Å². The Bertz CT molecular complexity index is 47.7. The van der Waals surface area contributed by atoms with Gasteiger partial charge in [-0.05, 0) is 13.3 Å². The highest BCUT2D eigenvalue weighted by Gasteiger charge is 1.90. The molecule has 0 heterocycles. The summed E-state index contributed by atoms with van der Waals surface area (Å²) in [5.74, 6) is 0. The van der Waals surface area contributed by atoms with Gasteiger partial charge in [-0.25, -0.2) is 0 Å². The van der Waals surface area contributed by atoms with E-state index in [0.29, 0.717) is 13.3 Å². The van der Waals surface area contributed by atoms with Crippen LogP contribution < -0.4 is 11.5 Å². The average molecular weight is 118 g/mol. The van der Waals surface area contributed by atoms with Gasteiger partial charge in [0, 0.05) is 12.6 Å². The van der Waals surface area contributed by atoms with Crippen molar-refractivity contribution in [3.63, 3.8) is 0 Å². The van der Waals surface area contributed by atoms with Gasteiger partial charge in [0.2, 0.25) is 0 Å². The Morgan fingerprint density at radius 3 is 2.62 bits per heavy atom. The molecule has 0 radical (unpaired) electrons. The van der Waals surface area contributed by atoms with Gasteiger partial charge in [0.1, 0.15) is 0 Å². The van der Waals surface area contributed by atoms with Crippen LogP contribution >= 0.6 is 0 Å². The first-order valence-electron chi connectivity index (χ1n) is 2.80. The van der Waals surface area contributed by atoms with E-state index in [9.17, 15) is 0 Å². The van der Waals surface area contributed by atoms with E-state index < -0.39 is 0 Å². The molecule has 8 heavy (non-hydrogen) atoms. The van der Waals surface area contributed by atoms with Crippen LogP contribution in [0.5, 0.6) is 0 Å². The molecular formula is C5H14N2O. The fourth-order valence-corrected chi connectivity index (χ4v) is 0.353. The molecule has 0 aromatic rings. The minimum absolute atomic E-state index is 0.224. The van der Waals surface area contributed by atoms with Gasteiger partial charge >= 0.3 is 0 Å². The SMILES string of the molecule is CC(N)CCOCN. The molecule has 0 spiro atoms. The summed E-state index contributed by atoms with van der Waals surface area (Å²) in [4.78, 5) is 0. The van der Waals surface area contributed by atoms with Crippen molar-refractivity contribution in [2.24, 2.45) is 11.5 Å². The van der Waals surface area contributed by atoms with Crippen LogP contribution in [-0.4, -0.2) is 19.4 Å². The van der Waals surface area contributed by atoms with Gasteiger partial charge in [-0.3, -0.25) is 0 Å². The minimum Gasteiger partial charge on any atom is -0.366 e. The molecule has 0 aliphatic heterocycles. The summed E-state index contributed by atoms with van der Waals surface area (Å²) < 4.78 is 4.84. The van der Waals surface area contributed by atoms with Gasteiger partial charge in [0.25, 0.3) is 0 Å². The molecule has 3 nitrogen and oxygen atoms in total. The maximum absolute atomic E-state index is 5.41. The fraction of sp³-hybridized carbons (Fsp3) is 1.00. The average Bonchev–Trinajstić information content (AvgIpc) is 1.66. The van der Waals surface area contributed by atoms with E-state index in [2.05, 4.69) is 0 Å². The van der Waals surface area contributed by atoms with Crippen molar-refractivity contribution >= 4 is 0 Å². The quantitative estimate of drug-likeness (QED) is 0.392. The Morgan fingerprint density at radius 1 is 1.62 bits per heavy atom. The molecule has 4 N–H and O–H groups in total. The molecule has 3 heteroatoms. The number of ether oxygens (including phenoxy) is 1. The summed E-state index contributed by atoms with van der Waals surface area (Å²) in [5.41, 5.74) is 10.5. The van der Waals surface area contributed by atoms with Crippen LogP contribution in [0.3, 0.4) is 0 Å². The Labute approximate surface area is 50.0 Å². The lowest BCUT2D eigenvalue weighted by molar-refractivity contribution is 0.135. The van der Waals surface area contributed by atoms with Crippen LogP contribution in [0.15, 0.2) is 0 Å². The Morgan fingerprint density at radius 2 is 2.25 bits per heavy atom. The summed E-state index contributed by atoms with van der Waals surface area (Å²) in [6, 6.07) is 0.224. The van der Waals surface area contributed by atoms with Crippen LogP contribution in [0.2, 0.25) is 0 Å².